The van der Waals surface area contributed by atoms with Crippen LogP contribution in [0.4, 0.5) is 5.69 Å². The zero-order valence-electron chi connectivity index (χ0n) is 19.5. The number of sulfonamides is 1. The Morgan fingerprint density at radius 1 is 1.06 bits per heavy atom. The number of ether oxygens (including phenoxy) is 1. The van der Waals surface area contributed by atoms with Gasteiger partial charge in [-0.1, -0.05) is 18.2 Å². The highest BCUT2D eigenvalue weighted by Crippen LogP contribution is 2.34. The van der Waals surface area contributed by atoms with Gasteiger partial charge in [0.1, 0.15) is 10.6 Å². The number of benzene rings is 2. The number of hydrogen-bond donors (Lipinski definition) is 1. The first-order valence-corrected chi connectivity index (χ1v) is 13.1. The number of carbonyl (C=O) groups excluding carboxylic acids is 1. The summed E-state index contributed by atoms with van der Waals surface area (Å²) >= 11 is 0. The van der Waals surface area contributed by atoms with Gasteiger partial charge < -0.3 is 14.7 Å². The Hall–Kier alpha value is -3.27. The van der Waals surface area contributed by atoms with Crippen molar-refractivity contribution in [2.24, 2.45) is 0 Å². The number of carbonyl (C=O) groups is 1. The second-order valence-electron chi connectivity index (χ2n) is 8.77. The molecule has 2 aromatic carbocycles. The molecule has 1 amide bonds. The maximum absolute atomic E-state index is 13.1. The van der Waals surface area contributed by atoms with Gasteiger partial charge in [-0.25, -0.2) is 8.42 Å². The third-order valence-corrected chi connectivity index (χ3v) is 8.38. The summed E-state index contributed by atoms with van der Waals surface area (Å²) in [7, 11) is -3.62. The summed E-state index contributed by atoms with van der Waals surface area (Å²) in [5, 5.41) is 10.1. The van der Waals surface area contributed by atoms with Gasteiger partial charge in [0, 0.05) is 37.1 Å². The normalized spacial score (nSPS) is 16.7. The van der Waals surface area contributed by atoms with Gasteiger partial charge in [-0.2, -0.15) is 4.31 Å². The fraction of sp³-hybridized carbons (Fsp3) is 0.308. The molecule has 1 aromatic heterocycles. The molecule has 0 aliphatic carbocycles. The number of aromatic hydroxyl groups is 1. The SMILES string of the molecule is Cc1cc(S(=O)(=O)N2CCOCC2)cnc1-c1ccc2c(c1)CCCN2C(=O)c1ccccc1O. The molecule has 1 fully saturated rings. The maximum atomic E-state index is 13.1. The van der Waals surface area contributed by atoms with Gasteiger partial charge in [-0.3, -0.25) is 9.78 Å². The molecule has 8 nitrogen and oxygen atoms in total. The van der Waals surface area contributed by atoms with Gasteiger partial charge in [0.2, 0.25) is 10.0 Å². The number of amides is 1. The number of para-hydroxylation sites is 1. The third kappa shape index (κ3) is 4.42. The Labute approximate surface area is 204 Å². The minimum absolute atomic E-state index is 0.0341. The second kappa shape index (κ2) is 9.41. The summed E-state index contributed by atoms with van der Waals surface area (Å²) in [4.78, 5) is 19.5. The average molecular weight is 494 g/mol. The van der Waals surface area contributed by atoms with Crippen molar-refractivity contribution in [3.8, 4) is 17.0 Å². The van der Waals surface area contributed by atoms with Gasteiger partial charge in [-0.15, -0.1) is 0 Å². The smallest absolute Gasteiger partial charge is 0.262 e. The van der Waals surface area contributed by atoms with Crippen LogP contribution in [0, 0.1) is 6.92 Å². The molecule has 35 heavy (non-hydrogen) atoms. The van der Waals surface area contributed by atoms with Crippen LogP contribution in [0.2, 0.25) is 0 Å². The molecule has 0 unspecified atom stereocenters. The highest BCUT2D eigenvalue weighted by molar-refractivity contribution is 7.89. The van der Waals surface area contributed by atoms with Crippen molar-refractivity contribution in [2.75, 3.05) is 37.7 Å². The highest BCUT2D eigenvalue weighted by Gasteiger charge is 2.28. The van der Waals surface area contributed by atoms with Gasteiger partial charge in [0.25, 0.3) is 5.91 Å². The van der Waals surface area contributed by atoms with Crippen LogP contribution in [0.3, 0.4) is 0 Å². The molecule has 2 aliphatic heterocycles. The summed E-state index contributed by atoms with van der Waals surface area (Å²) in [5.41, 5.74) is 4.45. The van der Waals surface area contributed by atoms with E-state index in [1.165, 1.54) is 16.6 Å². The van der Waals surface area contributed by atoms with E-state index in [0.29, 0.717) is 38.5 Å². The lowest BCUT2D eigenvalue weighted by molar-refractivity contribution is 0.0730. The van der Waals surface area contributed by atoms with Crippen LogP contribution in [0.25, 0.3) is 11.3 Å². The van der Waals surface area contributed by atoms with Crippen molar-refractivity contribution < 1.29 is 23.1 Å². The fourth-order valence-electron chi connectivity index (χ4n) is 4.68. The Morgan fingerprint density at radius 2 is 1.83 bits per heavy atom. The lowest BCUT2D eigenvalue weighted by atomic mass is 9.96. The first-order valence-electron chi connectivity index (χ1n) is 11.6. The van der Waals surface area contributed by atoms with E-state index in [1.54, 1.807) is 29.2 Å². The van der Waals surface area contributed by atoms with E-state index in [9.17, 15) is 18.3 Å². The van der Waals surface area contributed by atoms with E-state index >= 15 is 0 Å². The van der Waals surface area contributed by atoms with E-state index in [1.807, 2.05) is 25.1 Å². The molecular weight excluding hydrogens is 466 g/mol. The lowest BCUT2D eigenvalue weighted by Crippen LogP contribution is -2.40. The second-order valence-corrected chi connectivity index (χ2v) is 10.7. The Bertz CT molecular complexity index is 1380. The van der Waals surface area contributed by atoms with Crippen molar-refractivity contribution in [2.45, 2.75) is 24.7 Å². The van der Waals surface area contributed by atoms with Gasteiger partial charge >= 0.3 is 0 Å². The van der Waals surface area contributed by atoms with Crippen LogP contribution >= 0.6 is 0 Å². The number of nitrogens with zero attached hydrogens (tertiary/aromatic N) is 3. The standard InChI is InChI=1S/C26H27N3O5S/c1-18-15-21(35(32,33)28-11-13-34-14-12-28)17-27-25(18)20-8-9-23-19(16-20)5-4-10-29(23)26(31)22-6-2-3-7-24(22)30/h2-3,6-9,15-17,30H,4-5,10-14H2,1H3. The van der Waals surface area contributed by atoms with Crippen molar-refractivity contribution in [3.63, 3.8) is 0 Å². The molecule has 1 saturated heterocycles. The molecule has 0 radical (unpaired) electrons. The zero-order valence-corrected chi connectivity index (χ0v) is 20.3. The predicted molar refractivity (Wildman–Crippen MR) is 132 cm³/mol. The Morgan fingerprint density at radius 3 is 2.57 bits per heavy atom. The number of phenolic OH excluding ortho intramolecular Hbond substituents is 1. The summed E-state index contributed by atoms with van der Waals surface area (Å²) in [6.45, 7) is 3.89. The van der Waals surface area contributed by atoms with Gasteiger partial charge in [-0.05, 0) is 61.2 Å². The monoisotopic (exact) mass is 493 g/mol. The molecule has 5 rings (SSSR count). The number of rotatable bonds is 4. The first-order chi connectivity index (χ1) is 16.9. The van der Waals surface area contributed by atoms with Crippen LogP contribution < -0.4 is 4.90 Å². The Kier molecular flexibility index (Phi) is 6.31. The largest absolute Gasteiger partial charge is 0.507 e. The minimum Gasteiger partial charge on any atom is -0.507 e. The molecule has 0 spiro atoms. The third-order valence-electron chi connectivity index (χ3n) is 6.51. The summed E-state index contributed by atoms with van der Waals surface area (Å²) in [5.74, 6) is -0.267. The number of fused-ring (bicyclic) bond motifs is 1. The van der Waals surface area contributed by atoms with Crippen LogP contribution in [0.5, 0.6) is 5.75 Å². The van der Waals surface area contributed by atoms with Crippen molar-refractivity contribution in [1.82, 2.24) is 9.29 Å². The number of aryl methyl sites for hydroxylation is 2. The summed E-state index contributed by atoms with van der Waals surface area (Å²) < 4.78 is 32.7. The lowest BCUT2D eigenvalue weighted by Gasteiger charge is -2.30. The Balaban J connectivity index is 1.44. The molecule has 3 aromatic rings. The number of morpholine rings is 1. The van der Waals surface area contributed by atoms with Gasteiger partial charge in [0.05, 0.1) is 24.5 Å². The highest BCUT2D eigenvalue weighted by atomic mass is 32.2. The number of anilines is 1. The number of hydrogen-bond acceptors (Lipinski definition) is 6. The van der Waals surface area contributed by atoms with Crippen molar-refractivity contribution in [3.05, 3.63) is 71.4 Å². The molecule has 2 aliphatic rings. The van der Waals surface area contributed by atoms with E-state index in [-0.39, 0.29) is 22.1 Å². The maximum Gasteiger partial charge on any atom is 0.262 e. The van der Waals surface area contributed by atoms with Crippen LogP contribution in [0.1, 0.15) is 27.9 Å². The van der Waals surface area contributed by atoms with Crippen molar-refractivity contribution in [1.29, 1.82) is 0 Å². The predicted octanol–water partition coefficient (Wildman–Crippen LogP) is 3.38. The number of pyridine rings is 1. The van der Waals surface area contributed by atoms with Crippen LogP contribution in [0.15, 0.2) is 59.6 Å². The minimum atomic E-state index is -3.62. The molecule has 9 heteroatoms. The summed E-state index contributed by atoms with van der Waals surface area (Å²) in [6.07, 6.45) is 3.04. The average Bonchev–Trinajstić information content (AvgIpc) is 2.88. The van der Waals surface area contributed by atoms with Crippen molar-refractivity contribution >= 4 is 21.6 Å². The summed E-state index contributed by atoms with van der Waals surface area (Å²) in [6, 6.07) is 14.1. The molecule has 0 saturated carbocycles. The quantitative estimate of drug-likeness (QED) is 0.598. The fourth-order valence-corrected chi connectivity index (χ4v) is 6.12. The van der Waals surface area contributed by atoms with Gasteiger partial charge in [0.15, 0.2) is 0 Å². The van der Waals surface area contributed by atoms with E-state index in [4.69, 9.17) is 4.74 Å². The number of aromatic nitrogens is 1. The van der Waals surface area contributed by atoms with Crippen LogP contribution in [-0.2, 0) is 21.2 Å². The van der Waals surface area contributed by atoms with E-state index < -0.39 is 10.0 Å². The topological polar surface area (TPSA) is 100 Å². The molecule has 182 valence electrons. The molecule has 3 heterocycles. The zero-order chi connectivity index (χ0) is 24.6. The van der Waals surface area contributed by atoms with Crippen LogP contribution in [-0.4, -0.2) is 61.6 Å². The molecule has 0 bridgehead atoms. The molecule has 0 atom stereocenters. The van der Waals surface area contributed by atoms with E-state index in [0.717, 1.165) is 35.2 Å². The molecule has 1 N–H and O–H groups in total. The van der Waals surface area contributed by atoms with E-state index in [2.05, 4.69) is 4.98 Å². The number of phenols is 1. The first kappa shape index (κ1) is 23.5. The molecular formula is C26H27N3O5S.